The van der Waals surface area contributed by atoms with Gasteiger partial charge in [0.25, 0.3) is 0 Å². The summed E-state index contributed by atoms with van der Waals surface area (Å²) in [5, 5.41) is 12.7. The van der Waals surface area contributed by atoms with Gasteiger partial charge in [-0.05, 0) is 6.07 Å². The van der Waals surface area contributed by atoms with Gasteiger partial charge >= 0.3 is 0 Å². The number of rotatable bonds is 2. The molecule has 2 rings (SSSR count). The quantitative estimate of drug-likeness (QED) is 0.707. The fourth-order valence-corrected chi connectivity index (χ4v) is 0.935. The van der Waals surface area contributed by atoms with Gasteiger partial charge in [0.05, 0.1) is 6.61 Å². The number of hydrogen-bond acceptors (Lipinski definition) is 4. The van der Waals surface area contributed by atoms with E-state index in [4.69, 9.17) is 5.11 Å². The number of nitrogens with zero attached hydrogens (tertiary/aromatic N) is 4. The van der Waals surface area contributed by atoms with E-state index in [2.05, 4.69) is 15.1 Å². The van der Waals surface area contributed by atoms with E-state index in [1.54, 1.807) is 35.5 Å². The van der Waals surface area contributed by atoms with Crippen LogP contribution in [-0.4, -0.2) is 24.9 Å². The summed E-state index contributed by atoms with van der Waals surface area (Å²) in [4.78, 5) is 8.04. The van der Waals surface area contributed by atoms with Gasteiger partial charge in [-0.1, -0.05) is 0 Å². The summed E-state index contributed by atoms with van der Waals surface area (Å²) in [6, 6.07) is 1.79. The first-order valence-electron chi connectivity index (χ1n) is 3.82. The van der Waals surface area contributed by atoms with Gasteiger partial charge in [-0.15, -0.1) is 0 Å². The molecule has 5 nitrogen and oxygen atoms in total. The van der Waals surface area contributed by atoms with E-state index in [1.807, 2.05) is 0 Å². The summed E-state index contributed by atoms with van der Waals surface area (Å²) in [5.41, 5.74) is 0.691. The van der Waals surface area contributed by atoms with Crippen molar-refractivity contribution in [3.05, 3.63) is 36.4 Å². The van der Waals surface area contributed by atoms with E-state index in [0.717, 1.165) is 0 Å². The van der Waals surface area contributed by atoms with Gasteiger partial charge in [-0.2, -0.15) is 5.10 Å². The molecule has 0 bridgehead atoms. The van der Waals surface area contributed by atoms with Crippen molar-refractivity contribution in [2.75, 3.05) is 0 Å². The van der Waals surface area contributed by atoms with Crippen LogP contribution in [0.3, 0.4) is 0 Å². The average Bonchev–Trinajstić information content (AvgIpc) is 2.71. The molecule has 0 aliphatic heterocycles. The lowest BCUT2D eigenvalue weighted by Crippen LogP contribution is -2.01. The molecule has 2 heterocycles. The molecular formula is C8H8N4O. The molecule has 0 amide bonds. The van der Waals surface area contributed by atoms with Crippen molar-refractivity contribution in [1.82, 2.24) is 19.7 Å². The van der Waals surface area contributed by atoms with Crippen LogP contribution in [0, 0.1) is 0 Å². The van der Waals surface area contributed by atoms with Gasteiger partial charge in [-0.25, -0.2) is 14.6 Å². The molecular weight excluding hydrogens is 168 g/mol. The van der Waals surface area contributed by atoms with Gasteiger partial charge in [-0.3, -0.25) is 0 Å². The van der Waals surface area contributed by atoms with Crippen molar-refractivity contribution in [1.29, 1.82) is 0 Å². The average molecular weight is 176 g/mol. The molecule has 0 aromatic carbocycles. The Morgan fingerprint density at radius 1 is 1.31 bits per heavy atom. The Labute approximate surface area is 74.7 Å². The van der Waals surface area contributed by atoms with Crippen LogP contribution in [0.5, 0.6) is 0 Å². The van der Waals surface area contributed by atoms with Crippen molar-refractivity contribution in [3.63, 3.8) is 0 Å². The van der Waals surface area contributed by atoms with E-state index in [9.17, 15) is 0 Å². The van der Waals surface area contributed by atoms with Crippen LogP contribution in [0.15, 0.2) is 30.9 Å². The molecule has 0 saturated heterocycles. The molecule has 2 aromatic heterocycles. The first kappa shape index (κ1) is 7.88. The predicted molar refractivity (Wildman–Crippen MR) is 45.1 cm³/mol. The van der Waals surface area contributed by atoms with Crippen LogP contribution in [-0.2, 0) is 6.61 Å². The first-order chi connectivity index (χ1) is 6.40. The summed E-state index contributed by atoms with van der Waals surface area (Å²) in [7, 11) is 0. The summed E-state index contributed by atoms with van der Waals surface area (Å²) >= 11 is 0. The lowest BCUT2D eigenvalue weighted by atomic mass is 10.4. The monoisotopic (exact) mass is 176 g/mol. The summed E-state index contributed by atoms with van der Waals surface area (Å²) in [6.07, 6.45) is 6.56. The SMILES string of the molecule is OCc1cnc(-n2cccn2)nc1. The Bertz CT molecular complexity index is 368. The predicted octanol–water partition coefficient (Wildman–Crippen LogP) is 0.155. The van der Waals surface area contributed by atoms with E-state index in [1.165, 1.54) is 0 Å². The smallest absolute Gasteiger partial charge is 0.250 e. The Kier molecular flexibility index (Phi) is 2.01. The molecule has 13 heavy (non-hydrogen) atoms. The maximum absolute atomic E-state index is 8.76. The fraction of sp³-hybridized carbons (Fsp3) is 0.125. The van der Waals surface area contributed by atoms with Crippen molar-refractivity contribution in [3.8, 4) is 5.95 Å². The third-order valence-electron chi connectivity index (χ3n) is 1.58. The van der Waals surface area contributed by atoms with Crippen LogP contribution in [0.4, 0.5) is 0 Å². The number of aliphatic hydroxyl groups excluding tert-OH is 1. The highest BCUT2D eigenvalue weighted by atomic mass is 16.3. The third kappa shape index (κ3) is 1.54. The van der Waals surface area contributed by atoms with Crippen LogP contribution in [0.2, 0.25) is 0 Å². The van der Waals surface area contributed by atoms with Crippen LogP contribution < -0.4 is 0 Å². The van der Waals surface area contributed by atoms with E-state index in [-0.39, 0.29) is 6.61 Å². The van der Waals surface area contributed by atoms with Crippen LogP contribution in [0.1, 0.15) is 5.56 Å². The third-order valence-corrected chi connectivity index (χ3v) is 1.58. The molecule has 0 fully saturated rings. The maximum atomic E-state index is 8.76. The first-order valence-corrected chi connectivity index (χ1v) is 3.82. The van der Waals surface area contributed by atoms with E-state index >= 15 is 0 Å². The van der Waals surface area contributed by atoms with Crippen molar-refractivity contribution < 1.29 is 5.11 Å². The number of aliphatic hydroxyl groups is 1. The summed E-state index contributed by atoms with van der Waals surface area (Å²) in [5.74, 6) is 0.502. The number of hydrogen-bond donors (Lipinski definition) is 1. The minimum atomic E-state index is -0.0423. The molecule has 0 aliphatic carbocycles. The number of aromatic nitrogens is 4. The second kappa shape index (κ2) is 3.32. The Morgan fingerprint density at radius 2 is 2.08 bits per heavy atom. The van der Waals surface area contributed by atoms with Crippen LogP contribution >= 0.6 is 0 Å². The van der Waals surface area contributed by atoms with E-state index in [0.29, 0.717) is 11.5 Å². The highest BCUT2D eigenvalue weighted by Crippen LogP contribution is 1.99. The van der Waals surface area contributed by atoms with Crippen LogP contribution in [0.25, 0.3) is 5.95 Å². The van der Waals surface area contributed by atoms with Gasteiger partial charge in [0.15, 0.2) is 0 Å². The zero-order valence-corrected chi connectivity index (χ0v) is 6.83. The molecule has 66 valence electrons. The van der Waals surface area contributed by atoms with E-state index < -0.39 is 0 Å². The van der Waals surface area contributed by atoms with Crippen molar-refractivity contribution in [2.45, 2.75) is 6.61 Å². The molecule has 0 spiro atoms. The van der Waals surface area contributed by atoms with Gasteiger partial charge in [0.2, 0.25) is 5.95 Å². The fourth-order valence-electron chi connectivity index (χ4n) is 0.935. The van der Waals surface area contributed by atoms with Crippen molar-refractivity contribution >= 4 is 0 Å². The normalized spacial score (nSPS) is 10.2. The zero-order chi connectivity index (χ0) is 9.10. The Hall–Kier alpha value is -1.75. The molecule has 0 atom stereocenters. The second-order valence-electron chi connectivity index (χ2n) is 2.50. The summed E-state index contributed by atoms with van der Waals surface area (Å²) in [6.45, 7) is -0.0423. The lowest BCUT2D eigenvalue weighted by Gasteiger charge is -1.98. The molecule has 5 heteroatoms. The van der Waals surface area contributed by atoms with Gasteiger partial charge in [0.1, 0.15) is 0 Å². The Balaban J connectivity index is 2.33. The molecule has 0 saturated carbocycles. The van der Waals surface area contributed by atoms with Gasteiger partial charge in [0, 0.05) is 30.4 Å². The molecule has 0 radical (unpaired) electrons. The Morgan fingerprint density at radius 3 is 2.62 bits per heavy atom. The second-order valence-corrected chi connectivity index (χ2v) is 2.50. The zero-order valence-electron chi connectivity index (χ0n) is 6.83. The maximum Gasteiger partial charge on any atom is 0.250 e. The molecule has 1 N–H and O–H groups in total. The lowest BCUT2D eigenvalue weighted by molar-refractivity contribution is 0.281. The summed E-state index contributed by atoms with van der Waals surface area (Å²) < 4.78 is 1.56. The highest BCUT2D eigenvalue weighted by molar-refractivity contribution is 5.12. The largest absolute Gasteiger partial charge is 0.392 e. The molecule has 0 unspecified atom stereocenters. The standard InChI is InChI=1S/C8H8N4O/c13-6-7-4-9-8(10-5-7)12-3-1-2-11-12/h1-5,13H,6H2. The van der Waals surface area contributed by atoms with Gasteiger partial charge < -0.3 is 5.11 Å². The molecule has 2 aromatic rings. The van der Waals surface area contributed by atoms with Crippen molar-refractivity contribution in [2.24, 2.45) is 0 Å². The molecule has 0 aliphatic rings. The topological polar surface area (TPSA) is 63.8 Å². The minimum Gasteiger partial charge on any atom is -0.392 e. The highest BCUT2D eigenvalue weighted by Gasteiger charge is 1.98. The minimum absolute atomic E-state index is 0.0423.